The van der Waals surface area contributed by atoms with Crippen molar-refractivity contribution in [2.75, 3.05) is 19.5 Å². The molecule has 0 saturated heterocycles. The average Bonchev–Trinajstić information content (AvgIpc) is 2.33. The first-order valence-corrected chi connectivity index (χ1v) is 7.77. The molecule has 112 valence electrons. The van der Waals surface area contributed by atoms with Gasteiger partial charge in [0.05, 0.1) is 19.3 Å². The second-order valence-electron chi connectivity index (χ2n) is 3.76. The van der Waals surface area contributed by atoms with Crippen LogP contribution in [0.15, 0.2) is 0 Å². The highest BCUT2D eigenvalue weighted by atomic mass is 31.2. The third-order valence-electron chi connectivity index (χ3n) is 2.14. The Morgan fingerprint density at radius 3 is 2.21 bits per heavy atom. The standard InChI is InChI=1S/C10H22N3O5P/c1-3-17-19(16,18-4-2)7-13-10(15)8(11)5-6-9(12)14/h8H,3-7,11H2,1-2H3,(H2,12,14)(H,13,15)/t8-/m0/s1. The second-order valence-corrected chi connectivity index (χ2v) is 5.81. The van der Waals surface area contributed by atoms with Crippen molar-refractivity contribution in [3.63, 3.8) is 0 Å². The lowest BCUT2D eigenvalue weighted by atomic mass is 10.1. The molecule has 5 N–H and O–H groups in total. The van der Waals surface area contributed by atoms with E-state index in [9.17, 15) is 14.2 Å². The molecule has 0 bridgehead atoms. The highest BCUT2D eigenvalue weighted by Crippen LogP contribution is 2.46. The molecule has 2 amide bonds. The predicted molar refractivity (Wildman–Crippen MR) is 70.3 cm³/mol. The molecule has 0 spiro atoms. The van der Waals surface area contributed by atoms with Crippen LogP contribution >= 0.6 is 7.60 Å². The number of primary amides is 1. The van der Waals surface area contributed by atoms with Crippen molar-refractivity contribution >= 4 is 19.4 Å². The Morgan fingerprint density at radius 1 is 1.26 bits per heavy atom. The topological polar surface area (TPSA) is 134 Å². The SMILES string of the molecule is CCOP(=O)(CNC(=O)[C@@H](N)CCC(N)=O)OCC. The van der Waals surface area contributed by atoms with E-state index < -0.39 is 25.5 Å². The number of hydrogen-bond donors (Lipinski definition) is 3. The summed E-state index contributed by atoms with van der Waals surface area (Å²) in [5, 5.41) is 2.39. The van der Waals surface area contributed by atoms with Crippen LogP contribution < -0.4 is 16.8 Å². The molecule has 0 fully saturated rings. The first-order valence-electron chi connectivity index (χ1n) is 6.04. The Labute approximate surface area is 112 Å². The maximum Gasteiger partial charge on any atom is 0.349 e. The van der Waals surface area contributed by atoms with Crippen LogP contribution in [0.5, 0.6) is 0 Å². The molecule has 0 aliphatic heterocycles. The fourth-order valence-corrected chi connectivity index (χ4v) is 2.65. The van der Waals surface area contributed by atoms with Crippen LogP contribution in [0.25, 0.3) is 0 Å². The summed E-state index contributed by atoms with van der Waals surface area (Å²) in [5.74, 6) is -1.06. The van der Waals surface area contributed by atoms with Crippen molar-refractivity contribution in [1.82, 2.24) is 5.32 Å². The minimum Gasteiger partial charge on any atom is -0.370 e. The maximum atomic E-state index is 12.0. The van der Waals surface area contributed by atoms with Gasteiger partial charge in [0, 0.05) is 6.42 Å². The van der Waals surface area contributed by atoms with Crippen molar-refractivity contribution in [3.8, 4) is 0 Å². The molecule has 0 aromatic heterocycles. The van der Waals surface area contributed by atoms with Gasteiger partial charge in [0.15, 0.2) is 0 Å². The lowest BCUT2D eigenvalue weighted by Crippen LogP contribution is -2.41. The molecule has 1 atom stereocenters. The Kier molecular flexibility index (Phi) is 8.58. The molecule has 0 aliphatic rings. The molecule has 0 aromatic carbocycles. The molecule has 0 unspecified atom stereocenters. The lowest BCUT2D eigenvalue weighted by Gasteiger charge is -2.18. The number of nitrogens with two attached hydrogens (primary N) is 2. The van der Waals surface area contributed by atoms with Gasteiger partial charge in [0.25, 0.3) is 0 Å². The van der Waals surface area contributed by atoms with Crippen molar-refractivity contribution < 1.29 is 23.2 Å². The summed E-state index contributed by atoms with van der Waals surface area (Å²) in [4.78, 5) is 22.2. The highest BCUT2D eigenvalue weighted by Gasteiger charge is 2.25. The van der Waals surface area contributed by atoms with E-state index in [4.69, 9.17) is 20.5 Å². The van der Waals surface area contributed by atoms with E-state index in [0.29, 0.717) is 0 Å². The van der Waals surface area contributed by atoms with Crippen molar-refractivity contribution in [2.24, 2.45) is 11.5 Å². The highest BCUT2D eigenvalue weighted by molar-refractivity contribution is 7.53. The molecule has 0 radical (unpaired) electrons. The fourth-order valence-electron chi connectivity index (χ4n) is 1.26. The summed E-state index contributed by atoms with van der Waals surface area (Å²) in [6, 6.07) is -0.885. The second kappa shape index (κ2) is 9.03. The monoisotopic (exact) mass is 295 g/mol. The quantitative estimate of drug-likeness (QED) is 0.482. The molecule has 19 heavy (non-hydrogen) atoms. The smallest absolute Gasteiger partial charge is 0.349 e. The Hall–Kier alpha value is -0.950. The summed E-state index contributed by atoms with van der Waals surface area (Å²) >= 11 is 0. The van der Waals surface area contributed by atoms with Gasteiger partial charge < -0.3 is 25.8 Å². The van der Waals surface area contributed by atoms with Crippen molar-refractivity contribution in [1.29, 1.82) is 0 Å². The maximum absolute atomic E-state index is 12.0. The average molecular weight is 295 g/mol. The lowest BCUT2D eigenvalue weighted by molar-refractivity contribution is -0.122. The number of amides is 2. The third-order valence-corrected chi connectivity index (χ3v) is 3.99. The zero-order chi connectivity index (χ0) is 14.9. The molecule has 9 heteroatoms. The van der Waals surface area contributed by atoms with Gasteiger partial charge >= 0.3 is 7.60 Å². The Bertz CT molecular complexity index is 340. The molecule has 0 aliphatic carbocycles. The van der Waals surface area contributed by atoms with E-state index in [1.54, 1.807) is 13.8 Å². The van der Waals surface area contributed by atoms with E-state index in [0.717, 1.165) is 0 Å². The van der Waals surface area contributed by atoms with Crippen molar-refractivity contribution in [2.45, 2.75) is 32.7 Å². The van der Waals surface area contributed by atoms with Gasteiger partial charge in [0.1, 0.15) is 6.29 Å². The van der Waals surface area contributed by atoms with Crippen LogP contribution in [0.2, 0.25) is 0 Å². The van der Waals surface area contributed by atoms with Crippen LogP contribution in [-0.4, -0.2) is 37.4 Å². The van der Waals surface area contributed by atoms with E-state index in [1.165, 1.54) is 0 Å². The van der Waals surface area contributed by atoms with E-state index in [1.807, 2.05) is 0 Å². The predicted octanol–water partition coefficient (Wildman–Crippen LogP) is -0.0810. The summed E-state index contributed by atoms with van der Waals surface area (Å²) in [7, 11) is -3.33. The Balaban J connectivity index is 4.24. The summed E-state index contributed by atoms with van der Waals surface area (Å²) in [6.45, 7) is 3.76. The minimum atomic E-state index is -3.33. The fraction of sp³-hybridized carbons (Fsp3) is 0.800. The largest absolute Gasteiger partial charge is 0.370 e. The number of carbonyl (C=O) groups is 2. The van der Waals surface area contributed by atoms with Gasteiger partial charge in [-0.15, -0.1) is 0 Å². The van der Waals surface area contributed by atoms with Gasteiger partial charge in [-0.3, -0.25) is 14.2 Å². The zero-order valence-electron chi connectivity index (χ0n) is 11.3. The molecule has 0 rings (SSSR count). The van der Waals surface area contributed by atoms with E-state index >= 15 is 0 Å². The van der Waals surface area contributed by atoms with E-state index in [2.05, 4.69) is 5.32 Å². The van der Waals surface area contributed by atoms with Gasteiger partial charge in [-0.05, 0) is 20.3 Å². The molecule has 0 saturated carbocycles. The molecule has 8 nitrogen and oxygen atoms in total. The van der Waals surface area contributed by atoms with Crippen LogP contribution in [0.4, 0.5) is 0 Å². The molecule has 0 aromatic rings. The van der Waals surface area contributed by atoms with Crippen LogP contribution in [-0.2, 0) is 23.2 Å². The van der Waals surface area contributed by atoms with E-state index in [-0.39, 0.29) is 32.3 Å². The number of nitrogens with one attached hydrogen (secondary N) is 1. The molecular formula is C10H22N3O5P. The van der Waals surface area contributed by atoms with Gasteiger partial charge in [-0.25, -0.2) is 0 Å². The normalized spacial score (nSPS) is 13.0. The van der Waals surface area contributed by atoms with Gasteiger partial charge in [-0.1, -0.05) is 0 Å². The van der Waals surface area contributed by atoms with Crippen molar-refractivity contribution in [3.05, 3.63) is 0 Å². The summed E-state index contributed by atoms with van der Waals surface area (Å²) in [6.07, 6.45) is -0.101. The first kappa shape index (κ1) is 18.0. The minimum absolute atomic E-state index is 0.0170. The van der Waals surface area contributed by atoms with Crippen LogP contribution in [0, 0.1) is 0 Å². The summed E-state index contributed by atoms with van der Waals surface area (Å²) in [5.41, 5.74) is 10.5. The number of hydrogen-bond acceptors (Lipinski definition) is 6. The first-order chi connectivity index (χ1) is 8.84. The van der Waals surface area contributed by atoms with Gasteiger partial charge in [-0.2, -0.15) is 0 Å². The third kappa shape index (κ3) is 7.94. The Morgan fingerprint density at radius 2 is 1.79 bits per heavy atom. The molecule has 0 heterocycles. The van der Waals surface area contributed by atoms with Crippen LogP contribution in [0.1, 0.15) is 26.7 Å². The molecular weight excluding hydrogens is 273 g/mol. The number of rotatable bonds is 10. The van der Waals surface area contributed by atoms with Crippen LogP contribution in [0.3, 0.4) is 0 Å². The summed E-state index contributed by atoms with van der Waals surface area (Å²) < 4.78 is 22.0. The van der Waals surface area contributed by atoms with Gasteiger partial charge in [0.2, 0.25) is 11.8 Å². The number of carbonyl (C=O) groups excluding carboxylic acids is 2. The zero-order valence-corrected chi connectivity index (χ0v) is 12.2.